The van der Waals surface area contributed by atoms with Crippen LogP contribution in [0.1, 0.15) is 65.5 Å². The van der Waals surface area contributed by atoms with Gasteiger partial charge in [-0.3, -0.25) is 4.68 Å². The van der Waals surface area contributed by atoms with E-state index in [-0.39, 0.29) is 12.6 Å². The number of ether oxygens (including phenoxy) is 2. The third-order valence-electron chi connectivity index (χ3n) is 5.90. The van der Waals surface area contributed by atoms with Gasteiger partial charge in [-0.15, -0.1) is 0 Å². The molecule has 3 rings (SSSR count). The average molecular weight is 505 g/mol. The SMILES string of the molecule is CCCc1nn(C[C@H]2CC[C@H](COCC(=O)OC(C)(C)C)CC2)c(Br)c1-c1ccccc1. The van der Waals surface area contributed by atoms with Crippen molar-refractivity contribution in [2.24, 2.45) is 11.8 Å². The second-order valence-corrected chi connectivity index (χ2v) is 10.7. The van der Waals surface area contributed by atoms with Crippen LogP contribution in [0, 0.1) is 11.8 Å². The molecule has 0 unspecified atom stereocenters. The molecule has 6 heteroatoms. The third-order valence-corrected chi connectivity index (χ3v) is 6.71. The van der Waals surface area contributed by atoms with Gasteiger partial charge in [-0.05, 0) is 86.2 Å². The molecule has 1 aliphatic rings. The molecule has 0 N–H and O–H groups in total. The number of aryl methyl sites for hydroxylation is 1. The lowest BCUT2D eigenvalue weighted by Gasteiger charge is -2.28. The smallest absolute Gasteiger partial charge is 0.332 e. The molecule has 2 aromatic rings. The molecule has 0 saturated heterocycles. The predicted molar refractivity (Wildman–Crippen MR) is 131 cm³/mol. The molecule has 1 saturated carbocycles. The minimum atomic E-state index is -0.462. The van der Waals surface area contributed by atoms with Gasteiger partial charge in [0.25, 0.3) is 0 Å². The van der Waals surface area contributed by atoms with Gasteiger partial charge in [0.05, 0.1) is 12.3 Å². The number of carbonyl (C=O) groups excluding carboxylic acids is 1. The summed E-state index contributed by atoms with van der Waals surface area (Å²) in [5.74, 6) is 0.850. The van der Waals surface area contributed by atoms with Crippen molar-refractivity contribution in [2.45, 2.75) is 78.4 Å². The lowest BCUT2D eigenvalue weighted by Crippen LogP contribution is -2.28. The molecule has 0 aliphatic heterocycles. The van der Waals surface area contributed by atoms with Gasteiger partial charge in [0.1, 0.15) is 16.8 Å². The summed E-state index contributed by atoms with van der Waals surface area (Å²) < 4.78 is 14.2. The zero-order chi connectivity index (χ0) is 23.1. The molecular formula is C26H37BrN2O3. The Labute approximate surface area is 201 Å². The van der Waals surface area contributed by atoms with E-state index in [1.54, 1.807) is 0 Å². The van der Waals surface area contributed by atoms with E-state index in [9.17, 15) is 4.79 Å². The van der Waals surface area contributed by atoms with Gasteiger partial charge in [-0.2, -0.15) is 5.10 Å². The van der Waals surface area contributed by atoms with E-state index in [2.05, 4.69) is 57.9 Å². The maximum atomic E-state index is 11.8. The van der Waals surface area contributed by atoms with Crippen molar-refractivity contribution in [3.8, 4) is 11.1 Å². The van der Waals surface area contributed by atoms with Gasteiger partial charge in [-0.1, -0.05) is 43.7 Å². The van der Waals surface area contributed by atoms with Gasteiger partial charge in [0, 0.05) is 12.1 Å². The summed E-state index contributed by atoms with van der Waals surface area (Å²) in [5.41, 5.74) is 3.17. The first-order valence-corrected chi connectivity index (χ1v) is 12.7. The molecule has 5 nitrogen and oxygen atoms in total. The highest BCUT2D eigenvalue weighted by Crippen LogP contribution is 2.35. The van der Waals surface area contributed by atoms with Crippen LogP contribution in [0.25, 0.3) is 11.1 Å². The third kappa shape index (κ3) is 7.17. The Kier molecular flexibility index (Phi) is 8.95. The van der Waals surface area contributed by atoms with Crippen LogP contribution in [0.5, 0.6) is 0 Å². The van der Waals surface area contributed by atoms with E-state index in [0.29, 0.717) is 18.4 Å². The largest absolute Gasteiger partial charge is 0.458 e. The number of nitrogens with zero attached hydrogens (tertiary/aromatic N) is 2. The van der Waals surface area contributed by atoms with Gasteiger partial charge in [0.2, 0.25) is 0 Å². The highest BCUT2D eigenvalue weighted by molar-refractivity contribution is 9.10. The van der Waals surface area contributed by atoms with Crippen LogP contribution in [-0.2, 0) is 27.2 Å². The minimum absolute atomic E-state index is 0.0416. The van der Waals surface area contributed by atoms with Crippen LogP contribution < -0.4 is 0 Å². The average Bonchev–Trinajstić information content (AvgIpc) is 3.04. The molecule has 1 aromatic heterocycles. The molecule has 1 aromatic carbocycles. The maximum Gasteiger partial charge on any atom is 0.332 e. The van der Waals surface area contributed by atoms with Crippen LogP contribution >= 0.6 is 15.9 Å². The number of benzene rings is 1. The monoisotopic (exact) mass is 504 g/mol. The van der Waals surface area contributed by atoms with Gasteiger partial charge in [-0.25, -0.2) is 4.79 Å². The Morgan fingerprint density at radius 3 is 2.41 bits per heavy atom. The highest BCUT2D eigenvalue weighted by Gasteiger charge is 2.25. The number of halogens is 1. The molecule has 1 heterocycles. The van der Waals surface area contributed by atoms with Crippen LogP contribution in [0.15, 0.2) is 34.9 Å². The number of hydrogen-bond acceptors (Lipinski definition) is 4. The number of aromatic nitrogens is 2. The van der Waals surface area contributed by atoms with E-state index in [0.717, 1.165) is 49.7 Å². The maximum absolute atomic E-state index is 11.8. The number of esters is 1. The summed E-state index contributed by atoms with van der Waals surface area (Å²) in [5, 5.41) is 4.98. The molecule has 1 fully saturated rings. The van der Waals surface area contributed by atoms with Crippen molar-refractivity contribution in [1.29, 1.82) is 0 Å². The molecule has 0 radical (unpaired) electrons. The summed E-state index contributed by atoms with van der Waals surface area (Å²) in [7, 11) is 0. The van der Waals surface area contributed by atoms with Crippen LogP contribution in [-0.4, -0.2) is 34.6 Å². The Hall–Kier alpha value is -1.66. The summed E-state index contributed by atoms with van der Waals surface area (Å²) in [4.78, 5) is 11.8. The van der Waals surface area contributed by atoms with Crippen LogP contribution in [0.2, 0.25) is 0 Å². The number of rotatable bonds is 9. The second kappa shape index (κ2) is 11.5. The lowest BCUT2D eigenvalue weighted by atomic mass is 9.82. The van der Waals surface area contributed by atoms with Crippen molar-refractivity contribution < 1.29 is 14.3 Å². The topological polar surface area (TPSA) is 53.4 Å². The first kappa shape index (κ1) is 25.0. The Balaban J connectivity index is 1.51. The van der Waals surface area contributed by atoms with Crippen molar-refractivity contribution in [2.75, 3.05) is 13.2 Å². The molecule has 0 spiro atoms. The molecule has 0 bridgehead atoms. The van der Waals surface area contributed by atoms with Crippen molar-refractivity contribution in [3.05, 3.63) is 40.6 Å². The van der Waals surface area contributed by atoms with Crippen molar-refractivity contribution in [1.82, 2.24) is 9.78 Å². The van der Waals surface area contributed by atoms with E-state index in [1.165, 1.54) is 16.8 Å². The fraction of sp³-hybridized carbons (Fsp3) is 0.615. The van der Waals surface area contributed by atoms with Gasteiger partial charge >= 0.3 is 5.97 Å². The Morgan fingerprint density at radius 2 is 1.78 bits per heavy atom. The quantitative estimate of drug-likeness (QED) is 0.369. The molecule has 32 heavy (non-hydrogen) atoms. The first-order chi connectivity index (χ1) is 15.3. The Bertz CT molecular complexity index is 865. The van der Waals surface area contributed by atoms with E-state index >= 15 is 0 Å². The number of hydrogen-bond donors (Lipinski definition) is 0. The summed E-state index contributed by atoms with van der Waals surface area (Å²) in [6.07, 6.45) is 6.65. The summed E-state index contributed by atoms with van der Waals surface area (Å²) in [6, 6.07) is 10.5. The van der Waals surface area contributed by atoms with Crippen LogP contribution in [0.4, 0.5) is 0 Å². The standard InChI is InChI=1S/C26H37BrN2O3/c1-5-9-22-24(21-10-7-6-8-11-21)25(27)29(28-22)16-19-12-14-20(15-13-19)17-31-18-23(30)32-26(2,3)4/h6-8,10-11,19-20H,5,9,12-18H2,1-4H3/t19-,20-. The molecule has 1 aliphatic carbocycles. The van der Waals surface area contributed by atoms with E-state index < -0.39 is 5.60 Å². The highest BCUT2D eigenvalue weighted by atomic mass is 79.9. The summed E-state index contributed by atoms with van der Waals surface area (Å²) in [6.45, 7) is 9.44. The molecule has 176 valence electrons. The summed E-state index contributed by atoms with van der Waals surface area (Å²) >= 11 is 3.85. The fourth-order valence-electron chi connectivity index (χ4n) is 4.42. The van der Waals surface area contributed by atoms with Gasteiger partial charge in [0.15, 0.2) is 0 Å². The predicted octanol–water partition coefficient (Wildman–Crippen LogP) is 6.43. The zero-order valence-corrected chi connectivity index (χ0v) is 21.5. The minimum Gasteiger partial charge on any atom is -0.458 e. The fourth-order valence-corrected chi connectivity index (χ4v) is 5.10. The van der Waals surface area contributed by atoms with Gasteiger partial charge < -0.3 is 9.47 Å². The first-order valence-electron chi connectivity index (χ1n) is 11.9. The van der Waals surface area contributed by atoms with E-state index in [4.69, 9.17) is 14.6 Å². The lowest BCUT2D eigenvalue weighted by molar-refractivity contribution is -0.160. The molecular weight excluding hydrogens is 468 g/mol. The van der Waals surface area contributed by atoms with Crippen LogP contribution in [0.3, 0.4) is 0 Å². The second-order valence-electron chi connectivity index (χ2n) is 9.90. The molecule has 0 amide bonds. The Morgan fingerprint density at radius 1 is 1.12 bits per heavy atom. The number of carbonyl (C=O) groups is 1. The normalized spacial score (nSPS) is 19.2. The van der Waals surface area contributed by atoms with E-state index in [1.807, 2.05) is 20.8 Å². The zero-order valence-electron chi connectivity index (χ0n) is 19.9. The van der Waals surface area contributed by atoms with Crippen molar-refractivity contribution in [3.63, 3.8) is 0 Å². The molecule has 0 atom stereocenters. The van der Waals surface area contributed by atoms with Crippen molar-refractivity contribution >= 4 is 21.9 Å².